The van der Waals surface area contributed by atoms with Crippen LogP contribution in [0.2, 0.25) is 0 Å². The smallest absolute Gasteiger partial charge is 0.142 e. The summed E-state index contributed by atoms with van der Waals surface area (Å²) in [5.74, 6) is 0.736. The monoisotopic (exact) mass is 423 g/mol. The molecule has 1 aromatic rings. The molecule has 0 aliphatic carbocycles. The minimum Gasteiger partial charge on any atom is -0.491 e. The number of nitrogens with zero attached hydrogens (tertiary/aromatic N) is 2. The molecule has 0 aromatic heterocycles. The molecule has 0 bridgehead atoms. The predicted octanol–water partition coefficient (Wildman–Crippen LogP) is 0.628. The Hall–Kier alpha value is -0.670. The van der Waals surface area contributed by atoms with E-state index in [0.29, 0.717) is 18.0 Å². The van der Waals surface area contributed by atoms with Crippen LogP contribution in [0, 0.1) is 0 Å². The summed E-state index contributed by atoms with van der Waals surface area (Å²) in [5, 5.41) is 0. The van der Waals surface area contributed by atoms with E-state index in [0.717, 1.165) is 23.2 Å². The average Bonchev–Trinajstić information content (AvgIpc) is 2.41. The van der Waals surface area contributed by atoms with Gasteiger partial charge in [0.1, 0.15) is 5.75 Å². The van der Waals surface area contributed by atoms with Gasteiger partial charge in [0.05, 0.1) is 39.0 Å². The van der Waals surface area contributed by atoms with E-state index in [1.807, 2.05) is 12.1 Å². The third-order valence-corrected chi connectivity index (χ3v) is 4.18. The van der Waals surface area contributed by atoms with Gasteiger partial charge in [0.15, 0.2) is 0 Å². The molecule has 1 aliphatic heterocycles. The number of nitrogens with two attached hydrogens (primary N) is 2. The number of hydrogen-bond acceptors (Lipinski definition) is 4. The fraction of sp³-hybridized carbons (Fsp3) is 0.600. The number of hydrogen-bond donors (Lipinski definition) is 2. The molecule has 1 fully saturated rings. The predicted molar refractivity (Wildman–Crippen MR) is 113 cm³/mol. The summed E-state index contributed by atoms with van der Waals surface area (Å²) in [7, 11) is 4.53. The van der Waals surface area contributed by atoms with Crippen LogP contribution in [-0.2, 0) is 0 Å². The molecule has 10 heteroatoms. The lowest BCUT2D eigenvalue weighted by Gasteiger charge is -2.41. The van der Waals surface area contributed by atoms with Crippen LogP contribution in [0.1, 0.15) is 6.42 Å². The summed E-state index contributed by atoms with van der Waals surface area (Å²) in [6, 6.07) is 5.40. The number of quaternary nitrogens is 1. The second kappa shape index (κ2) is 14.5. The van der Waals surface area contributed by atoms with Crippen molar-refractivity contribution in [3.8, 4) is 5.75 Å². The lowest BCUT2D eigenvalue weighted by molar-refractivity contribution is -0.913. The first-order valence-electron chi connectivity index (χ1n) is 7.28. The number of nitrogen functional groups attached to an aromatic ring is 2. The fourth-order valence-corrected chi connectivity index (χ4v) is 2.60. The van der Waals surface area contributed by atoms with Crippen molar-refractivity contribution >= 4 is 48.6 Å². The highest BCUT2D eigenvalue weighted by molar-refractivity contribution is 5.86. The third-order valence-electron chi connectivity index (χ3n) is 4.18. The van der Waals surface area contributed by atoms with Crippen LogP contribution in [-0.4, -0.2) is 73.8 Å². The van der Waals surface area contributed by atoms with Crippen molar-refractivity contribution in [3.05, 3.63) is 18.2 Å². The molecule has 1 aliphatic rings. The van der Waals surface area contributed by atoms with Gasteiger partial charge in [-0.2, -0.15) is 0 Å². The number of halogens is 3. The van der Waals surface area contributed by atoms with Crippen molar-refractivity contribution in [2.45, 2.75) is 6.42 Å². The second-order valence-corrected chi connectivity index (χ2v) is 6.09. The highest BCUT2D eigenvalue weighted by atomic mass is 35.5. The maximum absolute atomic E-state index is 5.87. The zero-order valence-electron chi connectivity index (χ0n) is 14.9. The van der Waals surface area contributed by atoms with Gasteiger partial charge in [-0.3, -0.25) is 4.90 Å². The van der Waals surface area contributed by atoms with Crippen molar-refractivity contribution in [2.75, 3.05) is 64.9 Å². The Kier molecular flexibility index (Phi) is 18.6. The van der Waals surface area contributed by atoms with Gasteiger partial charge in [-0.1, -0.05) is 0 Å². The van der Waals surface area contributed by atoms with Gasteiger partial charge in [-0.25, -0.2) is 0 Å². The summed E-state index contributed by atoms with van der Waals surface area (Å²) in [6.07, 6.45) is 1.05. The Balaban J connectivity index is -0.000000441. The van der Waals surface area contributed by atoms with E-state index in [9.17, 15) is 0 Å². The van der Waals surface area contributed by atoms with Gasteiger partial charge in [0, 0.05) is 25.2 Å². The highest BCUT2D eigenvalue weighted by Gasteiger charge is 2.26. The highest BCUT2D eigenvalue weighted by Crippen LogP contribution is 2.23. The molecular formula is C15H34Cl3N4O3+. The molecule has 2 rings (SSSR count). The van der Waals surface area contributed by atoms with Gasteiger partial charge in [-0.05, 0) is 25.2 Å². The number of ether oxygens (including phenoxy) is 1. The molecule has 0 saturated carbocycles. The quantitative estimate of drug-likeness (QED) is 0.408. The molecule has 152 valence electrons. The largest absolute Gasteiger partial charge is 0.491 e. The molecule has 1 saturated heterocycles. The Labute approximate surface area is 169 Å². The number of rotatable bonds is 5. The van der Waals surface area contributed by atoms with Crippen LogP contribution < -0.4 is 16.2 Å². The summed E-state index contributed by atoms with van der Waals surface area (Å²) in [5.41, 5.74) is 12.8. The molecule has 0 spiro atoms. The van der Waals surface area contributed by atoms with Crippen LogP contribution in [0.4, 0.5) is 11.4 Å². The van der Waals surface area contributed by atoms with Gasteiger partial charge in [0.2, 0.25) is 0 Å². The summed E-state index contributed by atoms with van der Waals surface area (Å²) < 4.78 is 6.89. The summed E-state index contributed by atoms with van der Waals surface area (Å²) in [6.45, 7) is 6.67. The first-order valence-corrected chi connectivity index (χ1v) is 7.28. The molecule has 1 heterocycles. The number of piperazine rings is 1. The Morgan fingerprint density at radius 3 is 2.16 bits per heavy atom. The fourth-order valence-electron chi connectivity index (χ4n) is 2.60. The first-order chi connectivity index (χ1) is 9.48. The van der Waals surface area contributed by atoms with Crippen LogP contribution in [0.3, 0.4) is 0 Å². The minimum absolute atomic E-state index is 0. The van der Waals surface area contributed by atoms with E-state index >= 15 is 0 Å². The lowest BCUT2D eigenvalue weighted by Crippen LogP contribution is -2.56. The molecule has 0 unspecified atom stereocenters. The number of anilines is 2. The Bertz CT molecular complexity index is 462. The van der Waals surface area contributed by atoms with E-state index in [1.54, 1.807) is 6.07 Å². The van der Waals surface area contributed by atoms with Crippen molar-refractivity contribution in [1.29, 1.82) is 0 Å². The van der Waals surface area contributed by atoms with E-state index in [1.165, 1.54) is 26.2 Å². The first kappa shape index (κ1) is 32.0. The average molecular weight is 425 g/mol. The normalized spacial score (nSPS) is 15.1. The molecule has 7 nitrogen and oxygen atoms in total. The lowest BCUT2D eigenvalue weighted by atomic mass is 10.2. The zero-order valence-corrected chi connectivity index (χ0v) is 17.3. The Morgan fingerprint density at radius 1 is 1.08 bits per heavy atom. The van der Waals surface area contributed by atoms with Crippen molar-refractivity contribution in [2.24, 2.45) is 0 Å². The second-order valence-electron chi connectivity index (χ2n) is 6.09. The molecule has 0 radical (unpaired) electrons. The topological polar surface area (TPSA) is 128 Å². The molecular weight excluding hydrogens is 391 g/mol. The van der Waals surface area contributed by atoms with Crippen LogP contribution in [0.5, 0.6) is 5.75 Å². The van der Waals surface area contributed by atoms with E-state index in [2.05, 4.69) is 19.0 Å². The minimum atomic E-state index is 0. The van der Waals surface area contributed by atoms with Gasteiger partial charge in [-0.15, -0.1) is 37.2 Å². The Morgan fingerprint density at radius 2 is 1.64 bits per heavy atom. The summed E-state index contributed by atoms with van der Waals surface area (Å²) >= 11 is 0. The molecule has 1 aromatic carbocycles. The molecule has 0 amide bonds. The van der Waals surface area contributed by atoms with Crippen LogP contribution >= 0.6 is 37.2 Å². The van der Waals surface area contributed by atoms with Crippen LogP contribution in [0.15, 0.2) is 18.2 Å². The van der Waals surface area contributed by atoms with Crippen molar-refractivity contribution in [3.63, 3.8) is 0 Å². The third kappa shape index (κ3) is 10.2. The number of benzene rings is 1. The maximum atomic E-state index is 5.87. The molecule has 0 atom stereocenters. The van der Waals surface area contributed by atoms with Gasteiger partial charge < -0.3 is 31.6 Å². The van der Waals surface area contributed by atoms with E-state index < -0.39 is 0 Å². The van der Waals surface area contributed by atoms with Gasteiger partial charge >= 0.3 is 0 Å². The number of likely N-dealkylation sites (N-methyl/N-ethyl adjacent to an activating group) is 2. The zero-order chi connectivity index (χ0) is 14.6. The summed E-state index contributed by atoms with van der Waals surface area (Å²) in [4.78, 5) is 2.39. The van der Waals surface area contributed by atoms with Crippen LogP contribution in [0.25, 0.3) is 0 Å². The standard InChI is InChI=1S/C15H27N4O.3ClH.2H2O/c1-18-6-9-19(2,10-7-18)8-3-11-20-15-5-4-13(16)12-14(15)17;;;;;/h4-5,12H,3,6-11,16-17H2,1-2H3;3*1H;2*1H2/q+1;;;;;. The molecule has 8 N–H and O–H groups in total. The van der Waals surface area contributed by atoms with Crippen molar-refractivity contribution in [1.82, 2.24) is 4.90 Å². The van der Waals surface area contributed by atoms with Gasteiger partial charge in [0.25, 0.3) is 0 Å². The van der Waals surface area contributed by atoms with E-state index in [4.69, 9.17) is 16.2 Å². The van der Waals surface area contributed by atoms with Crippen molar-refractivity contribution < 1.29 is 20.2 Å². The SMILES string of the molecule is CN1CC[N+](C)(CCCOc2ccc(N)cc2N)CC1.Cl.Cl.Cl.O.O. The van der Waals surface area contributed by atoms with E-state index in [-0.39, 0.29) is 48.2 Å². The molecule has 25 heavy (non-hydrogen) atoms. The maximum Gasteiger partial charge on any atom is 0.142 e.